The summed E-state index contributed by atoms with van der Waals surface area (Å²) in [5.41, 5.74) is 20.3. The largest absolute Gasteiger partial charge is 0.245 e. The highest BCUT2D eigenvalue weighted by molar-refractivity contribution is 6.13. The Bertz CT molecular complexity index is 2620. The van der Waals surface area contributed by atoms with E-state index in [1.807, 2.05) is 0 Å². The van der Waals surface area contributed by atoms with Gasteiger partial charge in [-0.3, -0.25) is 0 Å². The summed E-state index contributed by atoms with van der Waals surface area (Å²) in [7, 11) is 0. The smallest absolute Gasteiger partial charge is 0.0978 e. The third-order valence-electron chi connectivity index (χ3n) is 11.0. The molecule has 0 atom stereocenters. The fourth-order valence-corrected chi connectivity index (χ4v) is 7.50. The van der Waals surface area contributed by atoms with Gasteiger partial charge < -0.3 is 0 Å². The molecule has 0 aliphatic carbocycles. The number of nitrogens with zero attached hydrogens (tertiary/aromatic N) is 2. The lowest BCUT2D eigenvalue weighted by Crippen LogP contribution is -1.96. The maximum Gasteiger partial charge on any atom is 0.0978 e. The molecule has 2 heterocycles. The second-order valence-corrected chi connectivity index (χ2v) is 14.5. The topological polar surface area (TPSA) is 25.8 Å². The van der Waals surface area contributed by atoms with Gasteiger partial charge in [0.25, 0.3) is 0 Å². The lowest BCUT2D eigenvalue weighted by atomic mass is 9.92. The van der Waals surface area contributed by atoms with Crippen LogP contribution in [0.4, 0.5) is 0 Å². The zero-order chi connectivity index (χ0) is 36.8. The Labute approximate surface area is 317 Å². The normalized spacial score (nSPS) is 11.3. The molecule has 0 spiro atoms. The van der Waals surface area contributed by atoms with E-state index >= 15 is 0 Å². The fourth-order valence-electron chi connectivity index (χ4n) is 7.50. The average Bonchev–Trinajstić information content (AvgIpc) is 3.22. The van der Waals surface area contributed by atoms with Gasteiger partial charge in [0.05, 0.1) is 22.4 Å². The molecule has 0 bridgehead atoms. The number of hydrogen-bond donors (Lipinski definition) is 0. The van der Waals surface area contributed by atoms with Gasteiger partial charge in [0.15, 0.2) is 0 Å². The van der Waals surface area contributed by atoms with E-state index in [1.54, 1.807) is 0 Å². The minimum atomic E-state index is 0.901. The first-order chi connectivity index (χ1) is 26.4. The van der Waals surface area contributed by atoms with Crippen molar-refractivity contribution in [2.75, 3.05) is 0 Å². The molecule has 9 aromatic rings. The van der Waals surface area contributed by atoms with E-state index in [0.717, 1.165) is 66.6 Å². The van der Waals surface area contributed by atoms with Crippen LogP contribution < -0.4 is 0 Å². The average molecular weight is 693 g/mol. The van der Waals surface area contributed by atoms with Crippen molar-refractivity contribution in [2.45, 2.75) is 27.7 Å². The van der Waals surface area contributed by atoms with Crippen LogP contribution in [-0.2, 0) is 0 Å². The van der Waals surface area contributed by atoms with E-state index in [2.05, 4.69) is 198 Å². The van der Waals surface area contributed by atoms with Crippen molar-refractivity contribution in [2.24, 2.45) is 0 Å². The summed E-state index contributed by atoms with van der Waals surface area (Å²) in [4.78, 5) is 11.0. The third kappa shape index (κ3) is 6.16. The van der Waals surface area contributed by atoms with Crippen molar-refractivity contribution in [1.29, 1.82) is 0 Å². The van der Waals surface area contributed by atoms with E-state index in [-0.39, 0.29) is 0 Å². The molecule has 0 radical (unpaired) electrons. The maximum absolute atomic E-state index is 5.49. The fraction of sp³-hybridized carbons (Fsp3) is 0.0769. The number of rotatable bonds is 6. The molecule has 7 aromatic carbocycles. The Hall–Kier alpha value is -6.64. The van der Waals surface area contributed by atoms with Crippen molar-refractivity contribution in [3.63, 3.8) is 0 Å². The molecule has 0 saturated carbocycles. The number of benzene rings is 7. The summed E-state index contributed by atoms with van der Waals surface area (Å²) in [6, 6.07) is 61.3. The summed E-state index contributed by atoms with van der Waals surface area (Å²) < 4.78 is 0. The lowest BCUT2D eigenvalue weighted by Gasteiger charge is -2.16. The van der Waals surface area contributed by atoms with Crippen molar-refractivity contribution in [3.05, 3.63) is 192 Å². The van der Waals surface area contributed by atoms with Crippen LogP contribution >= 0.6 is 0 Å². The predicted molar refractivity (Wildman–Crippen MR) is 229 cm³/mol. The van der Waals surface area contributed by atoms with Gasteiger partial charge in [-0.2, -0.15) is 0 Å². The molecular formula is C52H40N2. The van der Waals surface area contributed by atoms with E-state index < -0.39 is 0 Å². The van der Waals surface area contributed by atoms with Crippen LogP contribution in [0.25, 0.3) is 88.8 Å². The van der Waals surface area contributed by atoms with Crippen LogP contribution in [0, 0.1) is 27.7 Å². The van der Waals surface area contributed by atoms with Crippen molar-refractivity contribution < 1.29 is 0 Å². The SMILES string of the molecule is Cc1ccc(-c2cc(-c3ccc(-c4ccccc4)cc3)c3ccc4c(-c5ccc(-c6ccccc6)cc5)cc(-c5ccc(C)c(C)c5)nc4c3n2)cc1C. The Morgan fingerprint density at radius 1 is 0.278 bits per heavy atom. The van der Waals surface area contributed by atoms with Gasteiger partial charge >= 0.3 is 0 Å². The Kier molecular flexibility index (Phi) is 8.44. The van der Waals surface area contributed by atoms with Gasteiger partial charge in [0.2, 0.25) is 0 Å². The number of aryl methyl sites for hydroxylation is 4. The Balaban J connectivity index is 1.31. The minimum Gasteiger partial charge on any atom is -0.245 e. The molecule has 0 fully saturated rings. The van der Waals surface area contributed by atoms with Gasteiger partial charge in [-0.1, -0.05) is 146 Å². The molecular weight excluding hydrogens is 653 g/mol. The monoisotopic (exact) mass is 692 g/mol. The zero-order valence-electron chi connectivity index (χ0n) is 31.1. The van der Waals surface area contributed by atoms with Crippen LogP contribution in [0.15, 0.2) is 170 Å². The summed E-state index contributed by atoms with van der Waals surface area (Å²) >= 11 is 0. The molecule has 0 aliphatic heterocycles. The zero-order valence-corrected chi connectivity index (χ0v) is 31.1. The molecule has 2 nitrogen and oxygen atoms in total. The van der Waals surface area contributed by atoms with E-state index in [4.69, 9.17) is 9.97 Å². The van der Waals surface area contributed by atoms with E-state index in [0.29, 0.717) is 0 Å². The van der Waals surface area contributed by atoms with Crippen LogP contribution in [0.5, 0.6) is 0 Å². The molecule has 2 heteroatoms. The molecule has 0 aliphatic rings. The first-order valence-corrected chi connectivity index (χ1v) is 18.6. The van der Waals surface area contributed by atoms with Crippen LogP contribution in [0.1, 0.15) is 22.3 Å². The molecule has 258 valence electrons. The van der Waals surface area contributed by atoms with Gasteiger partial charge in [-0.25, -0.2) is 9.97 Å². The van der Waals surface area contributed by atoms with Gasteiger partial charge in [0, 0.05) is 21.9 Å². The summed E-state index contributed by atoms with van der Waals surface area (Å²) in [5.74, 6) is 0. The van der Waals surface area contributed by atoms with Gasteiger partial charge in [-0.15, -0.1) is 0 Å². The first kappa shape index (κ1) is 33.2. The summed E-state index contributed by atoms with van der Waals surface area (Å²) in [5, 5.41) is 2.16. The number of aromatic nitrogens is 2. The number of hydrogen-bond acceptors (Lipinski definition) is 2. The second kappa shape index (κ2) is 13.7. The van der Waals surface area contributed by atoms with Crippen LogP contribution in [0.3, 0.4) is 0 Å². The second-order valence-electron chi connectivity index (χ2n) is 14.5. The van der Waals surface area contributed by atoms with Crippen molar-refractivity contribution in [3.8, 4) is 67.0 Å². The van der Waals surface area contributed by atoms with Gasteiger partial charge in [-0.05, 0) is 119 Å². The lowest BCUT2D eigenvalue weighted by molar-refractivity contribution is 1.31. The highest BCUT2D eigenvalue weighted by atomic mass is 14.8. The van der Waals surface area contributed by atoms with E-state index in [9.17, 15) is 0 Å². The highest BCUT2D eigenvalue weighted by Crippen LogP contribution is 2.40. The molecule has 2 aromatic heterocycles. The highest BCUT2D eigenvalue weighted by Gasteiger charge is 2.18. The summed E-state index contributed by atoms with van der Waals surface area (Å²) in [6.45, 7) is 8.66. The molecule has 0 saturated heterocycles. The van der Waals surface area contributed by atoms with Crippen molar-refractivity contribution >= 4 is 21.8 Å². The molecule has 9 rings (SSSR count). The van der Waals surface area contributed by atoms with Crippen molar-refractivity contribution in [1.82, 2.24) is 9.97 Å². The minimum absolute atomic E-state index is 0.901. The predicted octanol–water partition coefficient (Wildman–Crippen LogP) is 14.0. The van der Waals surface area contributed by atoms with E-state index in [1.165, 1.54) is 44.5 Å². The Morgan fingerprint density at radius 3 is 0.981 bits per heavy atom. The third-order valence-corrected chi connectivity index (χ3v) is 11.0. The Morgan fingerprint density at radius 2 is 0.611 bits per heavy atom. The standard InChI is InChI=1S/C52H40N2/c1-33-15-17-43(29-35(33)3)49-31-47(41-23-19-39(20-24-41)37-11-7-5-8-12-37)45-27-28-46-48(42-25-21-40(22-26-42)38-13-9-6-10-14-38)32-50(54-52(46)51(45)53-49)44-18-16-34(2)36(4)30-44/h5-32H,1-4H3. The maximum atomic E-state index is 5.49. The molecule has 0 unspecified atom stereocenters. The quantitative estimate of drug-likeness (QED) is 0.162. The van der Waals surface area contributed by atoms with Crippen LogP contribution in [0.2, 0.25) is 0 Å². The first-order valence-electron chi connectivity index (χ1n) is 18.6. The molecule has 54 heavy (non-hydrogen) atoms. The van der Waals surface area contributed by atoms with Gasteiger partial charge in [0.1, 0.15) is 0 Å². The summed E-state index contributed by atoms with van der Waals surface area (Å²) in [6.07, 6.45) is 0. The van der Waals surface area contributed by atoms with Crippen LogP contribution in [-0.4, -0.2) is 9.97 Å². The molecule has 0 N–H and O–H groups in total. The number of fused-ring (bicyclic) bond motifs is 3. The molecule has 0 amide bonds. The number of pyridine rings is 2.